The van der Waals surface area contributed by atoms with E-state index in [1.54, 1.807) is 0 Å². The van der Waals surface area contributed by atoms with Crippen LogP contribution in [0.3, 0.4) is 0 Å². The van der Waals surface area contributed by atoms with E-state index in [0.29, 0.717) is 23.9 Å². The van der Waals surface area contributed by atoms with Crippen LogP contribution in [0.4, 0.5) is 0 Å². The molecule has 9 heteroatoms. The largest absolute Gasteiger partial charge is 0.477 e. The van der Waals surface area contributed by atoms with Gasteiger partial charge in [-0.3, -0.25) is 9.59 Å². The molecule has 9 nitrogen and oxygen atoms in total. The number of aliphatic carboxylic acids is 1. The second kappa shape index (κ2) is 41.8. The van der Waals surface area contributed by atoms with E-state index in [1.165, 1.54) is 141 Å². The van der Waals surface area contributed by atoms with Crippen LogP contribution in [0.5, 0.6) is 0 Å². The van der Waals surface area contributed by atoms with Crippen LogP contribution in [0.25, 0.3) is 0 Å². The summed E-state index contributed by atoms with van der Waals surface area (Å²) in [6.07, 6.45) is 41.2. The van der Waals surface area contributed by atoms with Crippen LogP contribution in [-0.4, -0.2) is 87.4 Å². The molecular formula is C49H94NO8+. The lowest BCUT2D eigenvalue weighted by Crippen LogP contribution is -2.40. The highest BCUT2D eigenvalue weighted by atomic mass is 16.7. The average Bonchev–Trinajstić information content (AvgIpc) is 3.18. The van der Waals surface area contributed by atoms with Crippen molar-refractivity contribution in [2.24, 2.45) is 0 Å². The van der Waals surface area contributed by atoms with Gasteiger partial charge in [0, 0.05) is 12.8 Å². The third-order valence-electron chi connectivity index (χ3n) is 10.8. The van der Waals surface area contributed by atoms with Gasteiger partial charge in [-0.1, -0.05) is 187 Å². The molecule has 0 aliphatic carbocycles. The zero-order chi connectivity index (χ0) is 42.8. The van der Waals surface area contributed by atoms with Gasteiger partial charge in [0.05, 0.1) is 34.4 Å². The van der Waals surface area contributed by atoms with Crippen LogP contribution in [0, 0.1) is 0 Å². The van der Waals surface area contributed by atoms with Gasteiger partial charge in [-0.25, -0.2) is 4.79 Å². The molecular weight excluding hydrogens is 731 g/mol. The zero-order valence-electron chi connectivity index (χ0n) is 38.7. The van der Waals surface area contributed by atoms with Crippen molar-refractivity contribution in [2.45, 2.75) is 238 Å². The van der Waals surface area contributed by atoms with E-state index in [2.05, 4.69) is 26.0 Å². The van der Waals surface area contributed by atoms with Crippen LogP contribution in [0.2, 0.25) is 0 Å². The third-order valence-corrected chi connectivity index (χ3v) is 10.8. The number of carboxylic acid groups (broad SMARTS) is 1. The molecule has 0 bridgehead atoms. The molecule has 1 N–H and O–H groups in total. The highest BCUT2D eigenvalue weighted by Gasteiger charge is 2.25. The lowest BCUT2D eigenvalue weighted by Gasteiger charge is -2.25. The number of carbonyl (C=O) groups excluding carboxylic acids is 2. The maximum atomic E-state index is 12.8. The number of allylic oxidation sites excluding steroid dienone is 2. The van der Waals surface area contributed by atoms with Crippen molar-refractivity contribution in [3.63, 3.8) is 0 Å². The van der Waals surface area contributed by atoms with Crippen molar-refractivity contribution < 1.29 is 42.9 Å². The van der Waals surface area contributed by atoms with Crippen LogP contribution >= 0.6 is 0 Å². The first kappa shape index (κ1) is 56.0. The molecule has 0 saturated heterocycles. The predicted molar refractivity (Wildman–Crippen MR) is 240 cm³/mol. The smallest absolute Gasteiger partial charge is 0.361 e. The Kier molecular flexibility index (Phi) is 40.3. The van der Waals surface area contributed by atoms with Gasteiger partial charge in [-0.15, -0.1) is 0 Å². The lowest BCUT2D eigenvalue weighted by atomic mass is 10.0. The Balaban J connectivity index is 4.35. The van der Waals surface area contributed by atoms with E-state index >= 15 is 0 Å². The molecule has 0 aliphatic heterocycles. The molecule has 0 aromatic heterocycles. The first-order valence-corrected chi connectivity index (χ1v) is 24.4. The van der Waals surface area contributed by atoms with Gasteiger partial charge in [0.25, 0.3) is 6.29 Å². The third kappa shape index (κ3) is 42.2. The highest BCUT2D eigenvalue weighted by Crippen LogP contribution is 2.16. The van der Waals surface area contributed by atoms with Crippen LogP contribution in [0.1, 0.15) is 226 Å². The van der Waals surface area contributed by atoms with Gasteiger partial charge in [-0.2, -0.15) is 0 Å². The molecule has 0 rings (SSSR count). The van der Waals surface area contributed by atoms with Crippen LogP contribution < -0.4 is 0 Å². The van der Waals surface area contributed by atoms with Gasteiger partial charge in [0.1, 0.15) is 13.2 Å². The normalized spacial score (nSPS) is 12.9. The highest BCUT2D eigenvalue weighted by molar-refractivity contribution is 5.71. The van der Waals surface area contributed by atoms with Gasteiger partial charge in [0.2, 0.25) is 0 Å². The number of hydrogen-bond acceptors (Lipinski definition) is 7. The minimum Gasteiger partial charge on any atom is -0.477 e. The molecule has 2 atom stereocenters. The van der Waals surface area contributed by atoms with Gasteiger partial charge >= 0.3 is 17.9 Å². The Bertz CT molecular complexity index is 965. The van der Waals surface area contributed by atoms with Gasteiger partial charge < -0.3 is 28.5 Å². The molecule has 0 aromatic carbocycles. The standard InChI is InChI=1S/C49H93NO8/c1-6-8-10-12-14-16-18-20-22-23-24-26-27-29-31-33-35-37-39-46(51)56-43-45(44-57-49(48(53)54)55-42-41-50(3,4)5)58-47(52)40-38-36-34-32-30-28-25-21-19-17-15-13-11-9-7-2/h21,25,45,49H,6-20,22-24,26-44H2,1-5H3/p+1/b25-21-. The molecule has 0 radical (unpaired) electrons. The molecule has 0 aliphatic rings. The van der Waals surface area contributed by atoms with Crippen molar-refractivity contribution in [2.75, 3.05) is 47.5 Å². The number of ether oxygens (including phenoxy) is 4. The van der Waals surface area contributed by atoms with E-state index in [4.69, 9.17) is 18.9 Å². The summed E-state index contributed by atoms with van der Waals surface area (Å²) in [6, 6.07) is 0. The maximum absolute atomic E-state index is 12.8. The summed E-state index contributed by atoms with van der Waals surface area (Å²) in [4.78, 5) is 37.2. The zero-order valence-corrected chi connectivity index (χ0v) is 38.7. The number of hydrogen-bond donors (Lipinski definition) is 1. The molecule has 58 heavy (non-hydrogen) atoms. The van der Waals surface area contributed by atoms with E-state index in [9.17, 15) is 19.5 Å². The van der Waals surface area contributed by atoms with Crippen molar-refractivity contribution in [1.82, 2.24) is 0 Å². The lowest BCUT2D eigenvalue weighted by molar-refractivity contribution is -0.870. The van der Waals surface area contributed by atoms with Crippen molar-refractivity contribution in [3.8, 4) is 0 Å². The molecule has 2 unspecified atom stereocenters. The topological polar surface area (TPSA) is 108 Å². The Morgan fingerprint density at radius 2 is 0.879 bits per heavy atom. The second-order valence-electron chi connectivity index (χ2n) is 17.8. The average molecular weight is 825 g/mol. The van der Waals surface area contributed by atoms with Crippen LogP contribution in [-0.2, 0) is 33.3 Å². The number of rotatable bonds is 45. The number of carbonyl (C=O) groups is 3. The van der Waals surface area contributed by atoms with Crippen LogP contribution in [0.15, 0.2) is 12.2 Å². The van der Waals surface area contributed by atoms with E-state index < -0.39 is 24.3 Å². The SMILES string of the molecule is CCCCCCCC/C=C\CCCCCCCC(=O)OC(COC(=O)CCCCCCCCCCCCCCCCCCCC)COC(OCC[N+](C)(C)C)C(=O)O. The molecule has 342 valence electrons. The fraction of sp³-hybridized carbons (Fsp3) is 0.898. The molecule has 0 fully saturated rings. The predicted octanol–water partition coefficient (Wildman–Crippen LogP) is 13.1. The van der Waals surface area contributed by atoms with Crippen molar-refractivity contribution >= 4 is 17.9 Å². The van der Waals surface area contributed by atoms with Gasteiger partial charge in [-0.05, 0) is 38.5 Å². The summed E-state index contributed by atoms with van der Waals surface area (Å²) in [5, 5.41) is 9.65. The Labute approximate surface area is 357 Å². The van der Waals surface area contributed by atoms with E-state index in [-0.39, 0.29) is 32.2 Å². The minimum absolute atomic E-state index is 0.179. The van der Waals surface area contributed by atoms with Gasteiger partial charge in [0.15, 0.2) is 6.10 Å². The fourth-order valence-corrected chi connectivity index (χ4v) is 6.95. The quantitative estimate of drug-likeness (QED) is 0.0213. The number of likely N-dealkylation sites (N-methyl/N-ethyl adjacent to an activating group) is 1. The summed E-state index contributed by atoms with van der Waals surface area (Å²) in [7, 11) is 5.96. The minimum atomic E-state index is -1.51. The number of esters is 2. The first-order chi connectivity index (χ1) is 28.1. The van der Waals surface area contributed by atoms with E-state index in [0.717, 1.165) is 51.4 Å². The summed E-state index contributed by atoms with van der Waals surface area (Å²) in [6.45, 7) is 4.89. The molecule has 0 heterocycles. The summed E-state index contributed by atoms with van der Waals surface area (Å²) < 4.78 is 22.8. The molecule has 0 amide bonds. The maximum Gasteiger partial charge on any atom is 0.361 e. The second-order valence-corrected chi connectivity index (χ2v) is 17.8. The summed E-state index contributed by atoms with van der Waals surface area (Å²) in [5.41, 5.74) is 0. The fourth-order valence-electron chi connectivity index (χ4n) is 6.95. The van der Waals surface area contributed by atoms with Crippen molar-refractivity contribution in [1.29, 1.82) is 0 Å². The Morgan fingerprint density at radius 3 is 1.28 bits per heavy atom. The Morgan fingerprint density at radius 1 is 0.500 bits per heavy atom. The molecule has 0 aromatic rings. The molecule has 0 spiro atoms. The number of carboxylic acids is 1. The number of nitrogens with zero attached hydrogens (tertiary/aromatic N) is 1. The van der Waals surface area contributed by atoms with E-state index in [1.807, 2.05) is 21.1 Å². The monoisotopic (exact) mass is 825 g/mol. The molecule has 0 saturated carbocycles. The first-order valence-electron chi connectivity index (χ1n) is 24.4. The summed E-state index contributed by atoms with van der Waals surface area (Å²) in [5.74, 6) is -2.00. The number of unbranched alkanes of at least 4 members (excludes halogenated alkanes) is 28. The summed E-state index contributed by atoms with van der Waals surface area (Å²) >= 11 is 0. The van der Waals surface area contributed by atoms with Crippen molar-refractivity contribution in [3.05, 3.63) is 12.2 Å². The number of quaternary nitrogens is 1. The Hall–Kier alpha value is -1.97.